The van der Waals surface area contributed by atoms with Crippen molar-refractivity contribution in [3.8, 4) is 11.5 Å². The molecule has 0 aromatic heterocycles. The molecule has 1 saturated heterocycles. The summed E-state index contributed by atoms with van der Waals surface area (Å²) in [6.45, 7) is 3.22. The lowest BCUT2D eigenvalue weighted by molar-refractivity contribution is -0.137. The van der Waals surface area contributed by atoms with Crippen LogP contribution in [0.5, 0.6) is 11.5 Å². The van der Waals surface area contributed by atoms with Crippen LogP contribution in [0, 0.1) is 0 Å². The molecule has 0 unspecified atom stereocenters. The van der Waals surface area contributed by atoms with Crippen molar-refractivity contribution in [3.63, 3.8) is 0 Å². The van der Waals surface area contributed by atoms with Crippen LogP contribution in [0.1, 0.15) is 12.0 Å². The smallest absolute Gasteiger partial charge is 0.248 e. The first-order valence-corrected chi connectivity index (χ1v) is 9.42. The van der Waals surface area contributed by atoms with Crippen molar-refractivity contribution in [2.75, 3.05) is 67.3 Å². The number of amides is 2. The average Bonchev–Trinajstić information content (AvgIpc) is 2.97. The molecule has 2 rings (SSSR count). The van der Waals surface area contributed by atoms with Crippen LogP contribution >= 0.6 is 0 Å². The Hall–Kier alpha value is -2.32. The Bertz CT molecular complexity index is 652. The van der Waals surface area contributed by atoms with Gasteiger partial charge in [0.05, 0.1) is 33.9 Å². The average molecular weight is 394 g/mol. The molecule has 1 aliphatic heterocycles. The number of methoxy groups -OCH3 is 3. The lowest BCUT2D eigenvalue weighted by atomic mass is 10.1. The van der Waals surface area contributed by atoms with E-state index in [9.17, 15) is 9.59 Å². The lowest BCUT2D eigenvalue weighted by Crippen LogP contribution is -2.39. The van der Waals surface area contributed by atoms with E-state index in [-0.39, 0.29) is 24.8 Å². The van der Waals surface area contributed by atoms with Crippen LogP contribution in [0.3, 0.4) is 0 Å². The van der Waals surface area contributed by atoms with Crippen molar-refractivity contribution >= 4 is 11.8 Å². The van der Waals surface area contributed by atoms with E-state index < -0.39 is 0 Å². The van der Waals surface area contributed by atoms with E-state index in [1.165, 1.54) is 0 Å². The van der Waals surface area contributed by atoms with Gasteiger partial charge in [-0.3, -0.25) is 9.59 Å². The van der Waals surface area contributed by atoms with Crippen molar-refractivity contribution < 1.29 is 28.5 Å². The zero-order valence-corrected chi connectivity index (χ0v) is 16.9. The summed E-state index contributed by atoms with van der Waals surface area (Å²) in [5.41, 5.74) is 0.867. The van der Waals surface area contributed by atoms with Crippen molar-refractivity contribution in [3.05, 3.63) is 23.8 Å². The highest BCUT2D eigenvalue weighted by atomic mass is 16.5. The van der Waals surface area contributed by atoms with E-state index in [2.05, 4.69) is 0 Å². The summed E-state index contributed by atoms with van der Waals surface area (Å²) in [6, 6.07) is 5.49. The summed E-state index contributed by atoms with van der Waals surface area (Å²) >= 11 is 0. The standard InChI is InChI=1S/C20H30N2O6/c1-25-11-12-28-15-20(24)22-8-4-7-21(9-10-22)19(23)14-16-5-6-17(26-2)18(13-16)27-3/h5-6,13H,4,7-12,14-15H2,1-3H3. The monoisotopic (exact) mass is 394 g/mol. The zero-order valence-electron chi connectivity index (χ0n) is 16.9. The van der Waals surface area contributed by atoms with Crippen LogP contribution in [0.15, 0.2) is 18.2 Å². The van der Waals surface area contributed by atoms with E-state index in [4.69, 9.17) is 18.9 Å². The molecule has 0 N–H and O–H groups in total. The summed E-state index contributed by atoms with van der Waals surface area (Å²) in [7, 11) is 4.74. The highest BCUT2D eigenvalue weighted by Crippen LogP contribution is 2.27. The van der Waals surface area contributed by atoms with Gasteiger partial charge in [-0.15, -0.1) is 0 Å². The fourth-order valence-corrected chi connectivity index (χ4v) is 3.09. The van der Waals surface area contributed by atoms with E-state index in [0.29, 0.717) is 50.9 Å². The normalized spacial score (nSPS) is 14.5. The van der Waals surface area contributed by atoms with Gasteiger partial charge in [0, 0.05) is 33.3 Å². The maximum absolute atomic E-state index is 12.7. The van der Waals surface area contributed by atoms with Crippen LogP contribution in [-0.2, 0) is 25.5 Å². The molecule has 0 saturated carbocycles. The molecule has 1 heterocycles. The third kappa shape index (κ3) is 6.38. The second-order valence-electron chi connectivity index (χ2n) is 6.53. The molecule has 1 aromatic carbocycles. The molecule has 0 radical (unpaired) electrons. The second kappa shape index (κ2) is 11.5. The van der Waals surface area contributed by atoms with Gasteiger partial charge in [0.15, 0.2) is 11.5 Å². The Kier molecular flexibility index (Phi) is 9.03. The topological polar surface area (TPSA) is 77.5 Å². The summed E-state index contributed by atoms with van der Waals surface area (Å²) < 4.78 is 20.7. The minimum atomic E-state index is -0.0507. The molecule has 0 spiro atoms. The van der Waals surface area contributed by atoms with Crippen molar-refractivity contribution in [1.82, 2.24) is 9.80 Å². The Labute approximate surface area is 166 Å². The minimum absolute atomic E-state index is 0.0397. The first-order valence-electron chi connectivity index (χ1n) is 9.42. The number of nitrogens with zero attached hydrogens (tertiary/aromatic N) is 2. The molecule has 1 fully saturated rings. The van der Waals surface area contributed by atoms with Crippen molar-refractivity contribution in [1.29, 1.82) is 0 Å². The van der Waals surface area contributed by atoms with Crippen LogP contribution in [0.4, 0.5) is 0 Å². The second-order valence-corrected chi connectivity index (χ2v) is 6.53. The molecule has 8 nitrogen and oxygen atoms in total. The molecule has 0 atom stereocenters. The third-order valence-corrected chi connectivity index (χ3v) is 4.66. The highest BCUT2D eigenvalue weighted by Gasteiger charge is 2.22. The number of hydrogen-bond donors (Lipinski definition) is 0. The van der Waals surface area contributed by atoms with E-state index in [0.717, 1.165) is 12.0 Å². The van der Waals surface area contributed by atoms with Gasteiger partial charge in [-0.25, -0.2) is 0 Å². The third-order valence-electron chi connectivity index (χ3n) is 4.66. The predicted molar refractivity (Wildman–Crippen MR) is 104 cm³/mol. The molecule has 1 aromatic rings. The van der Waals surface area contributed by atoms with Crippen LogP contribution < -0.4 is 9.47 Å². The fourth-order valence-electron chi connectivity index (χ4n) is 3.09. The molecule has 156 valence electrons. The number of rotatable bonds is 9. The maximum Gasteiger partial charge on any atom is 0.248 e. The number of carbonyl (C=O) groups is 2. The van der Waals surface area contributed by atoms with Gasteiger partial charge in [0.2, 0.25) is 11.8 Å². The van der Waals surface area contributed by atoms with Crippen LogP contribution in [0.25, 0.3) is 0 Å². The van der Waals surface area contributed by atoms with Gasteiger partial charge in [-0.1, -0.05) is 6.07 Å². The van der Waals surface area contributed by atoms with Gasteiger partial charge < -0.3 is 28.7 Å². The zero-order chi connectivity index (χ0) is 20.4. The Balaban J connectivity index is 1.86. The van der Waals surface area contributed by atoms with Crippen LogP contribution in [-0.4, -0.2) is 88.9 Å². The Morgan fingerprint density at radius 3 is 2.21 bits per heavy atom. The molecular formula is C20H30N2O6. The van der Waals surface area contributed by atoms with Gasteiger partial charge in [-0.05, 0) is 24.1 Å². The lowest BCUT2D eigenvalue weighted by Gasteiger charge is -2.22. The first kappa shape index (κ1) is 22.0. The first-order chi connectivity index (χ1) is 13.6. The fraction of sp³-hybridized carbons (Fsp3) is 0.600. The summed E-state index contributed by atoms with van der Waals surface area (Å²) in [4.78, 5) is 28.5. The summed E-state index contributed by atoms with van der Waals surface area (Å²) in [5.74, 6) is 1.23. The molecule has 0 aliphatic carbocycles. The molecular weight excluding hydrogens is 364 g/mol. The summed E-state index contributed by atoms with van der Waals surface area (Å²) in [6.07, 6.45) is 1.04. The number of ether oxygens (including phenoxy) is 4. The van der Waals surface area contributed by atoms with Gasteiger partial charge in [0.25, 0.3) is 0 Å². The van der Waals surface area contributed by atoms with Crippen LogP contribution in [0.2, 0.25) is 0 Å². The van der Waals surface area contributed by atoms with E-state index in [1.54, 1.807) is 32.3 Å². The van der Waals surface area contributed by atoms with Crippen molar-refractivity contribution in [2.24, 2.45) is 0 Å². The molecule has 8 heteroatoms. The number of benzene rings is 1. The van der Waals surface area contributed by atoms with Gasteiger partial charge in [0.1, 0.15) is 6.61 Å². The number of hydrogen-bond acceptors (Lipinski definition) is 6. The number of carbonyl (C=O) groups excluding carboxylic acids is 2. The summed E-state index contributed by atoms with van der Waals surface area (Å²) in [5, 5.41) is 0. The largest absolute Gasteiger partial charge is 0.493 e. The molecule has 28 heavy (non-hydrogen) atoms. The van der Waals surface area contributed by atoms with E-state index >= 15 is 0 Å². The Morgan fingerprint density at radius 1 is 0.893 bits per heavy atom. The molecule has 2 amide bonds. The van der Waals surface area contributed by atoms with Gasteiger partial charge in [-0.2, -0.15) is 0 Å². The predicted octanol–water partition coefficient (Wildman–Crippen LogP) is 0.970. The SMILES string of the molecule is COCCOCC(=O)N1CCCN(C(=O)Cc2ccc(OC)c(OC)c2)CC1. The minimum Gasteiger partial charge on any atom is -0.493 e. The molecule has 1 aliphatic rings. The van der Waals surface area contributed by atoms with Gasteiger partial charge >= 0.3 is 0 Å². The van der Waals surface area contributed by atoms with E-state index in [1.807, 2.05) is 17.0 Å². The quantitative estimate of drug-likeness (QED) is 0.581. The Morgan fingerprint density at radius 2 is 1.57 bits per heavy atom. The van der Waals surface area contributed by atoms with Crippen molar-refractivity contribution in [2.45, 2.75) is 12.8 Å². The maximum atomic E-state index is 12.7. The highest BCUT2D eigenvalue weighted by molar-refractivity contribution is 5.80. The molecule has 0 bridgehead atoms.